The summed E-state index contributed by atoms with van der Waals surface area (Å²) >= 11 is 0. The summed E-state index contributed by atoms with van der Waals surface area (Å²) in [5.41, 5.74) is 0. The van der Waals surface area contributed by atoms with Gasteiger partial charge in [0, 0.05) is 0 Å². The number of anilines is 3. The van der Waals surface area contributed by atoms with Gasteiger partial charge in [0.1, 0.15) is 0 Å². The molecule has 0 aliphatic rings. The van der Waals surface area contributed by atoms with E-state index in [2.05, 4.69) is 69.2 Å². The van der Waals surface area contributed by atoms with E-state index in [0.717, 1.165) is 0 Å². The molecule has 1 heterocycles. The molecule has 0 spiro atoms. The Morgan fingerprint density at radius 2 is 0.778 bits per heavy atom. The molecular weight excluding hydrogens is 276 g/mol. The van der Waals surface area contributed by atoms with E-state index < -0.39 is 26.9 Å². The average molecular weight is 298 g/mol. The Bertz CT molecular complexity index is 315. The molecule has 1 aromatic rings. The number of rotatable bonds is 6. The Morgan fingerprint density at radius 3 is 0.944 bits per heavy atom. The first kappa shape index (κ1) is 15.1. The second-order valence-electron chi connectivity index (χ2n) is 4.68. The zero-order valence-electron chi connectivity index (χ0n) is 11.8. The summed E-state index contributed by atoms with van der Waals surface area (Å²) in [6.45, 7) is 13.0. The first-order valence-electron chi connectivity index (χ1n) is 5.84. The summed E-state index contributed by atoms with van der Waals surface area (Å²) in [5.74, 6) is 2.00. The molecule has 0 unspecified atom stereocenters. The Kier molecular flexibility index (Phi) is 5.75. The van der Waals surface area contributed by atoms with Crippen LogP contribution in [0.2, 0.25) is 39.3 Å². The van der Waals surface area contributed by atoms with Crippen molar-refractivity contribution in [2.24, 2.45) is 0 Å². The van der Waals surface area contributed by atoms with Crippen molar-refractivity contribution in [1.29, 1.82) is 0 Å². The first-order valence-corrected chi connectivity index (χ1v) is 13.3. The quantitative estimate of drug-likeness (QED) is 0.696. The molecule has 9 heteroatoms. The van der Waals surface area contributed by atoms with Gasteiger partial charge >= 0.3 is 0 Å². The lowest BCUT2D eigenvalue weighted by atomic mass is 10.8. The average Bonchev–Trinajstić information content (AvgIpc) is 2.12. The molecule has 0 fully saturated rings. The van der Waals surface area contributed by atoms with Gasteiger partial charge in [-0.1, -0.05) is 39.3 Å². The monoisotopic (exact) mass is 297 g/mol. The molecule has 0 saturated carbocycles. The van der Waals surface area contributed by atoms with Crippen LogP contribution in [0.4, 0.5) is 17.8 Å². The maximum atomic E-state index is 4.40. The molecule has 0 amide bonds. The van der Waals surface area contributed by atoms with E-state index >= 15 is 0 Å². The van der Waals surface area contributed by atoms with Gasteiger partial charge in [0.2, 0.25) is 17.8 Å². The molecule has 1 aromatic heterocycles. The zero-order chi connectivity index (χ0) is 13.7. The van der Waals surface area contributed by atoms with E-state index in [1.54, 1.807) is 0 Å². The SMILES string of the molecule is C[Si](C)Nc1nc(N[Si](C)C)nc(N[Si](C)C)n1. The highest BCUT2D eigenvalue weighted by atomic mass is 28.3. The van der Waals surface area contributed by atoms with Gasteiger partial charge in [0.25, 0.3) is 0 Å². The van der Waals surface area contributed by atoms with Crippen LogP contribution in [0.1, 0.15) is 0 Å². The van der Waals surface area contributed by atoms with Crippen molar-refractivity contribution in [1.82, 2.24) is 15.0 Å². The summed E-state index contributed by atoms with van der Waals surface area (Å²) in [6, 6.07) is 0. The molecule has 99 valence electrons. The largest absolute Gasteiger partial charge is 0.380 e. The molecule has 0 aromatic carbocycles. The second-order valence-corrected chi connectivity index (χ2v) is 11.4. The van der Waals surface area contributed by atoms with E-state index in [4.69, 9.17) is 0 Å². The van der Waals surface area contributed by atoms with Crippen LogP contribution in [0.25, 0.3) is 0 Å². The van der Waals surface area contributed by atoms with Crippen LogP contribution in [0, 0.1) is 0 Å². The zero-order valence-corrected chi connectivity index (χ0v) is 14.8. The molecule has 0 aliphatic carbocycles. The van der Waals surface area contributed by atoms with Crippen LogP contribution < -0.4 is 14.9 Å². The van der Waals surface area contributed by atoms with E-state index in [-0.39, 0.29) is 0 Å². The van der Waals surface area contributed by atoms with E-state index in [0.29, 0.717) is 17.8 Å². The smallest absolute Gasteiger partial charge is 0.221 e. The number of aromatic nitrogens is 3. The Hall–Kier alpha value is -0.939. The van der Waals surface area contributed by atoms with Gasteiger partial charge in [0.15, 0.2) is 26.9 Å². The molecule has 3 radical (unpaired) electrons. The Morgan fingerprint density at radius 1 is 0.556 bits per heavy atom. The third-order valence-corrected chi connectivity index (χ3v) is 3.89. The minimum absolute atomic E-state index is 0.618. The first-order chi connectivity index (χ1) is 8.36. The molecule has 0 saturated heterocycles. The predicted octanol–water partition coefficient (Wildman–Crippen LogP) is 1.86. The summed E-state index contributed by atoms with van der Waals surface area (Å²) in [5, 5.41) is 0. The van der Waals surface area contributed by atoms with Gasteiger partial charge in [-0.05, 0) is 0 Å². The highest BCUT2D eigenvalue weighted by Crippen LogP contribution is 2.10. The maximum Gasteiger partial charge on any atom is 0.221 e. The van der Waals surface area contributed by atoms with Crippen LogP contribution in [0.5, 0.6) is 0 Å². The third kappa shape index (κ3) is 5.60. The summed E-state index contributed by atoms with van der Waals surface area (Å²) in [6.07, 6.45) is 0. The predicted molar refractivity (Wildman–Crippen MR) is 83.1 cm³/mol. The minimum atomic E-state index is -0.618. The lowest BCUT2D eigenvalue weighted by Crippen LogP contribution is -2.24. The number of hydrogen-bond donors (Lipinski definition) is 3. The van der Waals surface area contributed by atoms with Gasteiger partial charge in [0.05, 0.1) is 0 Å². The van der Waals surface area contributed by atoms with Gasteiger partial charge in [-0.3, -0.25) is 0 Å². The molecular formula is C9H21N6Si3. The molecule has 3 N–H and O–H groups in total. The van der Waals surface area contributed by atoms with Crippen molar-refractivity contribution in [2.45, 2.75) is 39.3 Å². The second kappa shape index (κ2) is 6.85. The van der Waals surface area contributed by atoms with Crippen LogP contribution in [0.15, 0.2) is 0 Å². The topological polar surface area (TPSA) is 74.8 Å². The number of hydrogen-bond acceptors (Lipinski definition) is 6. The fourth-order valence-electron chi connectivity index (χ4n) is 1.21. The van der Waals surface area contributed by atoms with Crippen molar-refractivity contribution >= 4 is 44.7 Å². The molecule has 0 bridgehead atoms. The van der Waals surface area contributed by atoms with Gasteiger partial charge in [-0.15, -0.1) is 0 Å². The minimum Gasteiger partial charge on any atom is -0.380 e. The van der Waals surface area contributed by atoms with Crippen molar-refractivity contribution < 1.29 is 0 Å². The lowest BCUT2D eigenvalue weighted by Gasteiger charge is -2.13. The highest BCUT2D eigenvalue weighted by Gasteiger charge is 2.10. The van der Waals surface area contributed by atoms with Crippen molar-refractivity contribution in [2.75, 3.05) is 14.9 Å². The van der Waals surface area contributed by atoms with Gasteiger partial charge in [-0.2, -0.15) is 15.0 Å². The summed E-state index contributed by atoms with van der Waals surface area (Å²) in [7, 11) is -1.85. The van der Waals surface area contributed by atoms with E-state index in [1.165, 1.54) is 0 Å². The normalized spacial score (nSPS) is 11.2. The molecule has 18 heavy (non-hydrogen) atoms. The number of nitrogens with zero attached hydrogens (tertiary/aromatic N) is 3. The number of nitrogens with one attached hydrogen (secondary N) is 3. The van der Waals surface area contributed by atoms with Crippen molar-refractivity contribution in [3.05, 3.63) is 0 Å². The highest BCUT2D eigenvalue weighted by molar-refractivity contribution is 6.60. The third-order valence-electron chi connectivity index (χ3n) is 1.72. The van der Waals surface area contributed by atoms with E-state index in [1.807, 2.05) is 0 Å². The van der Waals surface area contributed by atoms with Crippen LogP contribution in [-0.2, 0) is 0 Å². The van der Waals surface area contributed by atoms with Crippen molar-refractivity contribution in [3.8, 4) is 0 Å². The standard InChI is InChI=1S/C9H21N6Si3/c1-16(2)13-7-10-8(14-17(3)4)12-9(11-7)15-18(5)6/h1-6H3,(H3,10,11,12,13,14,15). The summed E-state index contributed by atoms with van der Waals surface area (Å²) < 4.78 is 0. The van der Waals surface area contributed by atoms with Crippen LogP contribution >= 0.6 is 0 Å². The Balaban J connectivity index is 2.95. The van der Waals surface area contributed by atoms with Crippen LogP contribution in [0.3, 0.4) is 0 Å². The van der Waals surface area contributed by atoms with Crippen molar-refractivity contribution in [3.63, 3.8) is 0 Å². The Labute approximate surface area is 114 Å². The fourth-order valence-corrected chi connectivity index (χ4v) is 2.89. The maximum absolute atomic E-state index is 4.40. The molecule has 6 nitrogen and oxygen atoms in total. The van der Waals surface area contributed by atoms with Gasteiger partial charge < -0.3 is 14.9 Å². The van der Waals surface area contributed by atoms with Crippen LogP contribution in [-0.4, -0.2) is 41.8 Å². The van der Waals surface area contributed by atoms with E-state index in [9.17, 15) is 0 Å². The van der Waals surface area contributed by atoms with Gasteiger partial charge in [-0.25, -0.2) is 0 Å². The molecule has 0 atom stereocenters. The fraction of sp³-hybridized carbons (Fsp3) is 0.667. The molecule has 1 rings (SSSR count). The summed E-state index contributed by atoms with van der Waals surface area (Å²) in [4.78, 5) is 23.1. The molecule has 0 aliphatic heterocycles. The lowest BCUT2D eigenvalue weighted by molar-refractivity contribution is 1.08.